The molecule has 4 heteroatoms. The minimum atomic E-state index is -0.513. The Bertz CT molecular complexity index is 391. The molecule has 1 spiro atoms. The van der Waals surface area contributed by atoms with E-state index >= 15 is 0 Å². The van der Waals surface area contributed by atoms with Crippen molar-refractivity contribution in [1.82, 2.24) is 5.32 Å². The fraction of sp³-hybridized carbons (Fsp3) is 0.933. The maximum Gasteiger partial charge on any atom is 0.184 e. The molecule has 1 N–H and O–H groups in total. The van der Waals surface area contributed by atoms with Crippen molar-refractivity contribution in [3.8, 4) is 0 Å². The van der Waals surface area contributed by atoms with Crippen LogP contribution in [0.5, 0.6) is 0 Å². The first-order valence-corrected chi connectivity index (χ1v) is 7.47. The molecule has 3 unspecified atom stereocenters. The standard InChI is InChI=1S/C15H25NO3/c1-13-7-8-15(18-9-10-19-15)12(16-3)14(13,2)6-4-5-11(13)17/h12,16H,4-10H2,1-3H3. The summed E-state index contributed by atoms with van der Waals surface area (Å²) in [5.41, 5.74) is -0.320. The number of ketones is 1. The van der Waals surface area contributed by atoms with E-state index in [-0.39, 0.29) is 16.9 Å². The minimum Gasteiger partial charge on any atom is -0.346 e. The van der Waals surface area contributed by atoms with Gasteiger partial charge in [0.2, 0.25) is 0 Å². The second-order valence-corrected chi connectivity index (χ2v) is 6.76. The average molecular weight is 267 g/mol. The summed E-state index contributed by atoms with van der Waals surface area (Å²) in [5, 5.41) is 3.42. The molecule has 3 rings (SSSR count). The Hall–Kier alpha value is -0.450. The normalized spacial score (nSPS) is 45.4. The van der Waals surface area contributed by atoms with Gasteiger partial charge in [-0.15, -0.1) is 0 Å². The van der Waals surface area contributed by atoms with Gasteiger partial charge in [0.05, 0.1) is 19.3 Å². The van der Waals surface area contributed by atoms with Gasteiger partial charge in [0.25, 0.3) is 0 Å². The minimum absolute atomic E-state index is 0.0837. The number of hydrogen-bond acceptors (Lipinski definition) is 4. The van der Waals surface area contributed by atoms with E-state index in [1.807, 2.05) is 7.05 Å². The molecule has 0 aromatic carbocycles. The molecule has 0 radical (unpaired) electrons. The summed E-state index contributed by atoms with van der Waals surface area (Å²) in [5.74, 6) is -0.0879. The molecule has 4 nitrogen and oxygen atoms in total. The second-order valence-electron chi connectivity index (χ2n) is 6.76. The van der Waals surface area contributed by atoms with Crippen LogP contribution >= 0.6 is 0 Å². The molecule has 2 saturated carbocycles. The molecule has 108 valence electrons. The number of carbonyl (C=O) groups is 1. The first kappa shape index (κ1) is 13.5. The monoisotopic (exact) mass is 267 g/mol. The second kappa shape index (κ2) is 4.27. The molecule has 2 aliphatic carbocycles. The molecule has 3 aliphatic rings. The van der Waals surface area contributed by atoms with Crippen molar-refractivity contribution in [3.63, 3.8) is 0 Å². The van der Waals surface area contributed by atoms with Gasteiger partial charge in [-0.2, -0.15) is 0 Å². The summed E-state index contributed by atoms with van der Waals surface area (Å²) >= 11 is 0. The van der Waals surface area contributed by atoms with E-state index in [9.17, 15) is 4.79 Å². The number of Topliss-reactive ketones (excluding diaryl/α,β-unsaturated/α-hetero) is 1. The molecule has 1 heterocycles. The van der Waals surface area contributed by atoms with Crippen molar-refractivity contribution in [3.05, 3.63) is 0 Å². The van der Waals surface area contributed by atoms with Gasteiger partial charge in [0, 0.05) is 23.7 Å². The maximum absolute atomic E-state index is 12.5. The lowest BCUT2D eigenvalue weighted by molar-refractivity contribution is -0.249. The summed E-state index contributed by atoms with van der Waals surface area (Å²) in [6.07, 6.45) is 4.47. The molecule has 3 atom stereocenters. The summed E-state index contributed by atoms with van der Waals surface area (Å²) in [4.78, 5) is 12.5. The fourth-order valence-corrected chi connectivity index (χ4v) is 4.75. The largest absolute Gasteiger partial charge is 0.346 e. The lowest BCUT2D eigenvalue weighted by Crippen LogP contribution is -2.69. The summed E-state index contributed by atoms with van der Waals surface area (Å²) < 4.78 is 12.0. The van der Waals surface area contributed by atoms with Crippen molar-refractivity contribution in [1.29, 1.82) is 0 Å². The maximum atomic E-state index is 12.5. The molecule has 0 amide bonds. The van der Waals surface area contributed by atoms with E-state index in [2.05, 4.69) is 19.2 Å². The van der Waals surface area contributed by atoms with Crippen LogP contribution in [0, 0.1) is 10.8 Å². The Labute approximate surface area is 115 Å². The zero-order valence-electron chi connectivity index (χ0n) is 12.3. The zero-order valence-corrected chi connectivity index (χ0v) is 12.3. The number of carbonyl (C=O) groups excluding carboxylic acids is 1. The van der Waals surface area contributed by atoms with Gasteiger partial charge in [-0.05, 0) is 26.3 Å². The zero-order chi connectivity index (χ0) is 13.7. The summed E-state index contributed by atoms with van der Waals surface area (Å²) in [6.45, 7) is 5.73. The molecular weight excluding hydrogens is 242 g/mol. The Morgan fingerprint density at radius 1 is 1.16 bits per heavy atom. The molecule has 1 aliphatic heterocycles. The third-order valence-corrected chi connectivity index (χ3v) is 6.09. The van der Waals surface area contributed by atoms with Gasteiger partial charge < -0.3 is 14.8 Å². The Morgan fingerprint density at radius 2 is 1.84 bits per heavy atom. The summed E-state index contributed by atoms with van der Waals surface area (Å²) in [7, 11) is 1.97. The van der Waals surface area contributed by atoms with Crippen molar-refractivity contribution in [2.24, 2.45) is 10.8 Å². The average Bonchev–Trinajstić information content (AvgIpc) is 2.83. The number of fused-ring (bicyclic) bond motifs is 1. The quantitative estimate of drug-likeness (QED) is 0.788. The molecular formula is C15H25NO3. The van der Waals surface area contributed by atoms with E-state index in [1.165, 1.54) is 0 Å². The summed E-state index contributed by atoms with van der Waals surface area (Å²) in [6, 6.07) is 0.0884. The van der Waals surface area contributed by atoms with Crippen LogP contribution in [-0.2, 0) is 14.3 Å². The van der Waals surface area contributed by atoms with Gasteiger partial charge in [-0.1, -0.05) is 13.8 Å². The van der Waals surface area contributed by atoms with Crippen LogP contribution in [0.25, 0.3) is 0 Å². The van der Waals surface area contributed by atoms with Crippen LogP contribution in [0.4, 0.5) is 0 Å². The van der Waals surface area contributed by atoms with E-state index < -0.39 is 5.79 Å². The van der Waals surface area contributed by atoms with E-state index in [0.717, 1.165) is 32.1 Å². The van der Waals surface area contributed by atoms with Crippen molar-refractivity contribution in [2.45, 2.75) is 57.8 Å². The number of likely N-dealkylation sites (N-methyl/N-ethyl adjacent to an activating group) is 1. The van der Waals surface area contributed by atoms with E-state index in [4.69, 9.17) is 9.47 Å². The third kappa shape index (κ3) is 1.60. The van der Waals surface area contributed by atoms with Crippen LogP contribution < -0.4 is 5.32 Å². The lowest BCUT2D eigenvalue weighted by atomic mass is 9.48. The van der Waals surface area contributed by atoms with Crippen molar-refractivity contribution < 1.29 is 14.3 Å². The number of hydrogen-bond donors (Lipinski definition) is 1. The smallest absolute Gasteiger partial charge is 0.184 e. The predicted molar refractivity (Wildman–Crippen MR) is 71.8 cm³/mol. The Morgan fingerprint density at radius 3 is 2.47 bits per heavy atom. The topological polar surface area (TPSA) is 47.6 Å². The van der Waals surface area contributed by atoms with E-state index in [0.29, 0.717) is 19.0 Å². The Balaban J connectivity index is 2.03. The van der Waals surface area contributed by atoms with Crippen LogP contribution in [0.2, 0.25) is 0 Å². The predicted octanol–water partition coefficient (Wildman–Crippen LogP) is 1.88. The SMILES string of the molecule is CNC1C2(CCC3(C)C(=O)CCCC13C)OCCO2. The fourth-order valence-electron chi connectivity index (χ4n) is 4.75. The van der Waals surface area contributed by atoms with Gasteiger partial charge in [-0.3, -0.25) is 4.79 Å². The van der Waals surface area contributed by atoms with Gasteiger partial charge in [0.1, 0.15) is 5.78 Å². The van der Waals surface area contributed by atoms with Gasteiger partial charge in [0.15, 0.2) is 5.79 Å². The van der Waals surface area contributed by atoms with Crippen LogP contribution in [0.3, 0.4) is 0 Å². The lowest BCUT2D eigenvalue weighted by Gasteiger charge is -2.60. The molecule has 0 bridgehead atoms. The third-order valence-electron chi connectivity index (χ3n) is 6.09. The van der Waals surface area contributed by atoms with Crippen molar-refractivity contribution >= 4 is 5.78 Å². The number of nitrogens with one attached hydrogen (secondary N) is 1. The first-order valence-electron chi connectivity index (χ1n) is 7.47. The van der Waals surface area contributed by atoms with E-state index in [1.54, 1.807) is 0 Å². The molecule has 1 saturated heterocycles. The molecule has 3 fully saturated rings. The Kier molecular flexibility index (Phi) is 3.04. The highest BCUT2D eigenvalue weighted by Gasteiger charge is 2.65. The number of rotatable bonds is 1. The highest BCUT2D eigenvalue weighted by molar-refractivity contribution is 5.86. The highest BCUT2D eigenvalue weighted by atomic mass is 16.7. The van der Waals surface area contributed by atoms with Gasteiger partial charge >= 0.3 is 0 Å². The first-order chi connectivity index (χ1) is 8.98. The van der Waals surface area contributed by atoms with Gasteiger partial charge in [-0.25, -0.2) is 0 Å². The molecule has 19 heavy (non-hydrogen) atoms. The molecule has 0 aromatic rings. The highest BCUT2D eigenvalue weighted by Crippen LogP contribution is 2.60. The van der Waals surface area contributed by atoms with Crippen LogP contribution in [0.15, 0.2) is 0 Å². The van der Waals surface area contributed by atoms with Crippen LogP contribution in [0.1, 0.15) is 46.0 Å². The van der Waals surface area contributed by atoms with Crippen LogP contribution in [-0.4, -0.2) is 37.9 Å². The number of ether oxygens (including phenoxy) is 2. The molecule has 0 aromatic heterocycles. The van der Waals surface area contributed by atoms with Crippen molar-refractivity contribution in [2.75, 3.05) is 20.3 Å².